The van der Waals surface area contributed by atoms with Crippen LogP contribution in [-0.4, -0.2) is 43.7 Å². The minimum absolute atomic E-state index is 0.513. The third kappa shape index (κ3) is 3.74. The highest BCUT2D eigenvalue weighted by Gasteiger charge is 2.26. The molecule has 0 aromatic carbocycles. The van der Waals surface area contributed by atoms with Crippen LogP contribution in [0.4, 0.5) is 17.3 Å². The number of rotatable bonds is 6. The Hall–Kier alpha value is -3.52. The molecule has 0 saturated heterocycles. The number of hydrazine groups is 1. The number of aromatic nitrogens is 5. The van der Waals surface area contributed by atoms with Crippen LogP contribution in [0.3, 0.4) is 0 Å². The molecule has 1 fully saturated rings. The highest BCUT2D eigenvalue weighted by Crippen LogP contribution is 2.38. The molecule has 4 aromatic rings. The minimum atomic E-state index is 0.513. The number of nitrogens with one attached hydrogen (secondary N) is 2. The molecule has 8 heteroatoms. The molecule has 0 aliphatic heterocycles. The quantitative estimate of drug-likeness (QED) is 0.489. The Morgan fingerprint density at radius 1 is 0.966 bits per heavy atom. The van der Waals surface area contributed by atoms with Gasteiger partial charge in [0.15, 0.2) is 0 Å². The van der Waals surface area contributed by atoms with Gasteiger partial charge in [0.1, 0.15) is 17.5 Å². The van der Waals surface area contributed by atoms with E-state index in [2.05, 4.69) is 36.9 Å². The summed E-state index contributed by atoms with van der Waals surface area (Å²) in [4.78, 5) is 13.5. The van der Waals surface area contributed by atoms with Crippen LogP contribution >= 0.6 is 0 Å². The van der Waals surface area contributed by atoms with Crippen LogP contribution in [-0.2, 0) is 0 Å². The molecule has 29 heavy (non-hydrogen) atoms. The van der Waals surface area contributed by atoms with E-state index in [0.717, 1.165) is 39.8 Å². The maximum absolute atomic E-state index is 4.62. The second kappa shape index (κ2) is 7.14. The van der Waals surface area contributed by atoms with Crippen molar-refractivity contribution in [2.75, 3.05) is 24.8 Å². The van der Waals surface area contributed by atoms with Gasteiger partial charge in [0.05, 0.1) is 17.4 Å². The molecule has 0 radical (unpaired) electrons. The molecule has 5 rings (SSSR count). The van der Waals surface area contributed by atoms with Crippen LogP contribution in [0.2, 0.25) is 0 Å². The summed E-state index contributed by atoms with van der Waals surface area (Å²) in [5.41, 5.74) is 7.43. The first-order chi connectivity index (χ1) is 14.2. The number of hydrogen-bond acceptors (Lipinski definition) is 7. The summed E-state index contributed by atoms with van der Waals surface area (Å²) in [6.07, 6.45) is 9.77. The molecule has 1 aliphatic rings. The number of pyridine rings is 2. The Kier molecular flexibility index (Phi) is 4.33. The fraction of sp³-hybridized carbons (Fsp3) is 0.238. The molecular formula is C21H22N8. The Morgan fingerprint density at radius 2 is 1.83 bits per heavy atom. The largest absolute Gasteiger partial charge is 0.325 e. The van der Waals surface area contributed by atoms with Crippen molar-refractivity contribution >= 4 is 22.8 Å². The van der Waals surface area contributed by atoms with Crippen LogP contribution in [0, 0.1) is 0 Å². The molecule has 8 nitrogen and oxygen atoms in total. The molecule has 0 bridgehead atoms. The summed E-state index contributed by atoms with van der Waals surface area (Å²) in [6.45, 7) is 0. The summed E-state index contributed by atoms with van der Waals surface area (Å²) in [5, 5.41) is 9.63. The van der Waals surface area contributed by atoms with Crippen molar-refractivity contribution in [3.05, 3.63) is 60.9 Å². The maximum atomic E-state index is 4.62. The standard InChI is InChI=1S/C21H22N8/c1-28(2)27-17-11-16(13-29-18(17)6-10-24-29)15-5-8-22-20(12-15)25-19-7-9-23-21(26-19)14-3-4-14/h5-14,27H,3-4H2,1-2H3,(H,22,23,25,26). The zero-order valence-corrected chi connectivity index (χ0v) is 16.4. The van der Waals surface area contributed by atoms with Crippen LogP contribution in [0.15, 0.2) is 55.1 Å². The third-order valence-corrected chi connectivity index (χ3v) is 4.82. The van der Waals surface area contributed by atoms with Gasteiger partial charge in [0.25, 0.3) is 0 Å². The SMILES string of the molecule is CN(C)Nc1cc(-c2ccnc(Nc3ccnc(C4CC4)n3)c2)cn2nccc12. The van der Waals surface area contributed by atoms with Crippen LogP contribution in [0.25, 0.3) is 16.6 Å². The fourth-order valence-corrected chi connectivity index (χ4v) is 3.31. The van der Waals surface area contributed by atoms with Crippen LogP contribution < -0.4 is 10.7 Å². The van der Waals surface area contributed by atoms with E-state index < -0.39 is 0 Å². The summed E-state index contributed by atoms with van der Waals surface area (Å²) in [5.74, 6) is 2.93. The highest BCUT2D eigenvalue weighted by molar-refractivity contribution is 5.79. The van der Waals surface area contributed by atoms with Crippen molar-refractivity contribution in [1.82, 2.24) is 29.6 Å². The molecule has 1 saturated carbocycles. The van der Waals surface area contributed by atoms with Gasteiger partial charge < -0.3 is 10.7 Å². The van der Waals surface area contributed by atoms with Crippen LogP contribution in [0.1, 0.15) is 24.6 Å². The lowest BCUT2D eigenvalue weighted by atomic mass is 10.1. The average Bonchev–Trinajstić information content (AvgIpc) is 3.45. The van der Waals surface area contributed by atoms with Gasteiger partial charge in [0.2, 0.25) is 0 Å². The summed E-state index contributed by atoms with van der Waals surface area (Å²) in [6, 6.07) is 9.98. The number of fused-ring (bicyclic) bond motifs is 1. The first-order valence-electron chi connectivity index (χ1n) is 9.63. The van der Waals surface area contributed by atoms with E-state index in [0.29, 0.717) is 5.92 Å². The van der Waals surface area contributed by atoms with E-state index in [4.69, 9.17) is 0 Å². The number of hydrogen-bond donors (Lipinski definition) is 2. The van der Waals surface area contributed by atoms with Gasteiger partial charge in [-0.2, -0.15) is 5.10 Å². The van der Waals surface area contributed by atoms with Crippen molar-refractivity contribution < 1.29 is 0 Å². The predicted octanol–water partition coefficient (Wildman–Crippen LogP) is 3.70. The second-order valence-electron chi connectivity index (χ2n) is 7.44. The van der Waals surface area contributed by atoms with Gasteiger partial charge in [-0.15, -0.1) is 0 Å². The molecule has 4 aromatic heterocycles. The van der Waals surface area contributed by atoms with Gasteiger partial charge in [-0.05, 0) is 48.7 Å². The van der Waals surface area contributed by atoms with Crippen molar-refractivity contribution in [3.63, 3.8) is 0 Å². The van der Waals surface area contributed by atoms with Crippen molar-refractivity contribution in [3.8, 4) is 11.1 Å². The zero-order valence-electron chi connectivity index (χ0n) is 16.4. The Labute approximate surface area is 168 Å². The predicted molar refractivity (Wildman–Crippen MR) is 113 cm³/mol. The lowest BCUT2D eigenvalue weighted by molar-refractivity contribution is 0.496. The smallest absolute Gasteiger partial charge is 0.135 e. The third-order valence-electron chi connectivity index (χ3n) is 4.82. The Balaban J connectivity index is 1.47. The average molecular weight is 386 g/mol. The molecule has 146 valence electrons. The minimum Gasteiger partial charge on any atom is -0.325 e. The molecule has 0 amide bonds. The normalized spacial score (nSPS) is 13.8. The van der Waals surface area contributed by atoms with Gasteiger partial charge >= 0.3 is 0 Å². The molecule has 4 heterocycles. The zero-order chi connectivity index (χ0) is 19.8. The van der Waals surface area contributed by atoms with E-state index in [1.807, 2.05) is 54.1 Å². The molecule has 1 aliphatic carbocycles. The fourth-order valence-electron chi connectivity index (χ4n) is 3.31. The van der Waals surface area contributed by atoms with E-state index in [1.165, 1.54) is 12.8 Å². The van der Waals surface area contributed by atoms with Crippen molar-refractivity contribution in [2.45, 2.75) is 18.8 Å². The van der Waals surface area contributed by atoms with Crippen molar-refractivity contribution in [2.24, 2.45) is 0 Å². The van der Waals surface area contributed by atoms with Crippen LogP contribution in [0.5, 0.6) is 0 Å². The van der Waals surface area contributed by atoms with Gasteiger partial charge in [-0.1, -0.05) is 0 Å². The van der Waals surface area contributed by atoms with Gasteiger partial charge in [0, 0.05) is 44.2 Å². The summed E-state index contributed by atoms with van der Waals surface area (Å²) < 4.78 is 1.88. The summed E-state index contributed by atoms with van der Waals surface area (Å²) >= 11 is 0. The van der Waals surface area contributed by atoms with Gasteiger partial charge in [-0.3, -0.25) is 0 Å². The van der Waals surface area contributed by atoms with E-state index >= 15 is 0 Å². The second-order valence-corrected chi connectivity index (χ2v) is 7.44. The monoisotopic (exact) mass is 386 g/mol. The molecule has 0 spiro atoms. The lowest BCUT2D eigenvalue weighted by Gasteiger charge is -2.16. The number of nitrogens with zero attached hydrogens (tertiary/aromatic N) is 6. The first-order valence-corrected chi connectivity index (χ1v) is 9.63. The van der Waals surface area contributed by atoms with E-state index in [9.17, 15) is 0 Å². The van der Waals surface area contributed by atoms with E-state index in [1.54, 1.807) is 18.6 Å². The number of anilines is 3. The van der Waals surface area contributed by atoms with Crippen molar-refractivity contribution in [1.29, 1.82) is 0 Å². The summed E-state index contributed by atoms with van der Waals surface area (Å²) in [7, 11) is 3.93. The van der Waals surface area contributed by atoms with Gasteiger partial charge in [-0.25, -0.2) is 24.5 Å². The molecule has 0 unspecified atom stereocenters. The van der Waals surface area contributed by atoms with E-state index in [-0.39, 0.29) is 0 Å². The first kappa shape index (κ1) is 17.6. The highest BCUT2D eigenvalue weighted by atomic mass is 15.5. The lowest BCUT2D eigenvalue weighted by Crippen LogP contribution is -2.20. The maximum Gasteiger partial charge on any atom is 0.135 e. The Morgan fingerprint density at radius 3 is 2.66 bits per heavy atom. The molecule has 2 N–H and O–H groups in total. The molecular weight excluding hydrogens is 364 g/mol. The molecule has 0 atom stereocenters. The Bertz CT molecular complexity index is 1160. The topological polar surface area (TPSA) is 83.3 Å².